The minimum absolute atomic E-state index is 0.193. The van der Waals surface area contributed by atoms with Crippen molar-refractivity contribution in [1.29, 1.82) is 0 Å². The maximum absolute atomic E-state index is 12.7. The fourth-order valence-corrected chi connectivity index (χ4v) is 3.58. The van der Waals surface area contributed by atoms with Gasteiger partial charge in [-0.25, -0.2) is 0 Å². The molecule has 2 atom stereocenters. The Bertz CT molecular complexity index is 685. The van der Waals surface area contributed by atoms with Crippen molar-refractivity contribution in [2.75, 3.05) is 5.75 Å². The van der Waals surface area contributed by atoms with Crippen LogP contribution in [0.15, 0.2) is 54.6 Å². The third-order valence-electron chi connectivity index (χ3n) is 3.43. The molecule has 1 fully saturated rings. The van der Waals surface area contributed by atoms with Crippen molar-refractivity contribution in [3.8, 4) is 0 Å². The van der Waals surface area contributed by atoms with Gasteiger partial charge in [-0.05, 0) is 29.8 Å². The van der Waals surface area contributed by atoms with E-state index < -0.39 is 6.10 Å². The molecule has 0 aromatic heterocycles. The lowest BCUT2D eigenvalue weighted by Gasteiger charge is -2.30. The van der Waals surface area contributed by atoms with Crippen molar-refractivity contribution < 1.29 is 14.3 Å². The number of thioether (sulfide) groups is 1. The van der Waals surface area contributed by atoms with Crippen molar-refractivity contribution >= 4 is 35.1 Å². The van der Waals surface area contributed by atoms with Crippen LogP contribution in [-0.2, 0) is 9.53 Å². The predicted octanol–water partition coefficient (Wildman–Crippen LogP) is 3.92. The molecule has 3 nitrogen and oxygen atoms in total. The van der Waals surface area contributed by atoms with Crippen molar-refractivity contribution in [1.82, 2.24) is 0 Å². The number of ketones is 1. The molecule has 1 heterocycles. The summed E-state index contributed by atoms with van der Waals surface area (Å²) in [6.45, 7) is 0. The fourth-order valence-electron chi connectivity index (χ4n) is 2.37. The number of Topliss-reactive ketones (excluding diaryl/α,β-unsaturated/α-hetero) is 1. The molecule has 1 aliphatic rings. The summed E-state index contributed by atoms with van der Waals surface area (Å²) in [4.78, 5) is 24.3. The Labute approximate surface area is 137 Å². The molecular formula is C17H13ClO3S. The topological polar surface area (TPSA) is 43.4 Å². The third kappa shape index (κ3) is 3.18. The highest BCUT2D eigenvalue weighted by atomic mass is 35.5. The van der Waals surface area contributed by atoms with E-state index in [-0.39, 0.29) is 22.8 Å². The highest BCUT2D eigenvalue weighted by molar-refractivity contribution is 8.00. The van der Waals surface area contributed by atoms with Gasteiger partial charge >= 0.3 is 5.97 Å². The number of benzene rings is 2. The Balaban J connectivity index is 1.91. The second-order valence-corrected chi connectivity index (χ2v) is 6.49. The molecule has 0 spiro atoms. The lowest BCUT2D eigenvalue weighted by molar-refractivity contribution is -0.144. The Morgan fingerprint density at radius 3 is 2.45 bits per heavy atom. The summed E-state index contributed by atoms with van der Waals surface area (Å²) >= 11 is 7.29. The van der Waals surface area contributed by atoms with Crippen LogP contribution >= 0.6 is 23.4 Å². The number of halogens is 1. The normalized spacial score (nSPS) is 21.2. The molecule has 3 rings (SSSR count). The van der Waals surface area contributed by atoms with Gasteiger partial charge < -0.3 is 4.74 Å². The molecule has 0 saturated carbocycles. The van der Waals surface area contributed by atoms with Crippen LogP contribution in [0.1, 0.15) is 21.2 Å². The summed E-state index contributed by atoms with van der Waals surface area (Å²) in [5, 5.41) is 0.369. The highest BCUT2D eigenvalue weighted by Gasteiger charge is 2.38. The van der Waals surface area contributed by atoms with Crippen LogP contribution in [0.4, 0.5) is 0 Å². The molecule has 2 aromatic carbocycles. The van der Waals surface area contributed by atoms with Gasteiger partial charge in [0, 0.05) is 10.6 Å². The molecule has 112 valence electrons. The zero-order chi connectivity index (χ0) is 15.5. The van der Waals surface area contributed by atoms with Crippen LogP contribution in [-0.4, -0.2) is 23.6 Å². The average Bonchev–Trinajstić information content (AvgIpc) is 2.55. The number of cyclic esters (lactones) is 1. The van der Waals surface area contributed by atoms with Crippen LogP contribution in [0.2, 0.25) is 5.02 Å². The van der Waals surface area contributed by atoms with E-state index in [1.54, 1.807) is 24.3 Å². The summed E-state index contributed by atoms with van der Waals surface area (Å²) < 4.78 is 5.36. The van der Waals surface area contributed by atoms with Gasteiger partial charge in [0.1, 0.15) is 0 Å². The zero-order valence-corrected chi connectivity index (χ0v) is 13.1. The molecule has 1 saturated heterocycles. The first-order valence-electron chi connectivity index (χ1n) is 6.81. The molecule has 0 N–H and O–H groups in total. The largest absolute Gasteiger partial charge is 0.452 e. The molecule has 2 unspecified atom stereocenters. The number of esters is 1. The van der Waals surface area contributed by atoms with Crippen LogP contribution in [0.25, 0.3) is 0 Å². The number of carbonyl (C=O) groups is 2. The monoisotopic (exact) mass is 332 g/mol. The van der Waals surface area contributed by atoms with Crippen molar-refractivity contribution in [2.45, 2.75) is 11.4 Å². The molecule has 22 heavy (non-hydrogen) atoms. The van der Waals surface area contributed by atoms with E-state index in [4.69, 9.17) is 16.3 Å². The minimum Gasteiger partial charge on any atom is -0.452 e. The summed E-state index contributed by atoms with van der Waals surface area (Å²) in [5.41, 5.74) is 1.47. The highest BCUT2D eigenvalue weighted by Crippen LogP contribution is 2.38. The van der Waals surface area contributed by atoms with Crippen LogP contribution < -0.4 is 0 Å². The summed E-state index contributed by atoms with van der Waals surface area (Å²) in [6, 6.07) is 16.2. The molecule has 0 amide bonds. The predicted molar refractivity (Wildman–Crippen MR) is 87.3 cm³/mol. The van der Waals surface area contributed by atoms with Gasteiger partial charge in [0.05, 0.1) is 11.0 Å². The lowest BCUT2D eigenvalue weighted by atomic mass is 9.99. The van der Waals surface area contributed by atoms with Gasteiger partial charge in [0.25, 0.3) is 0 Å². The summed E-state index contributed by atoms with van der Waals surface area (Å²) in [7, 11) is 0. The average molecular weight is 333 g/mol. The fraction of sp³-hybridized carbons (Fsp3) is 0.176. The number of ether oxygens (including phenoxy) is 1. The quantitative estimate of drug-likeness (QED) is 0.631. The van der Waals surface area contributed by atoms with Crippen LogP contribution in [0.5, 0.6) is 0 Å². The second-order valence-electron chi connectivity index (χ2n) is 4.92. The van der Waals surface area contributed by atoms with Gasteiger partial charge in [-0.15, -0.1) is 11.8 Å². The van der Waals surface area contributed by atoms with Crippen molar-refractivity contribution in [3.63, 3.8) is 0 Å². The number of hydrogen-bond donors (Lipinski definition) is 0. The van der Waals surface area contributed by atoms with E-state index in [9.17, 15) is 9.59 Å². The van der Waals surface area contributed by atoms with E-state index >= 15 is 0 Å². The van der Waals surface area contributed by atoms with E-state index in [2.05, 4.69) is 0 Å². The molecule has 0 bridgehead atoms. The minimum atomic E-state index is -0.810. The maximum atomic E-state index is 12.7. The first-order valence-corrected chi connectivity index (χ1v) is 8.23. The molecule has 2 aromatic rings. The number of carbonyl (C=O) groups excluding carboxylic acids is 2. The first kappa shape index (κ1) is 15.1. The Morgan fingerprint density at radius 1 is 1.09 bits per heavy atom. The molecule has 1 aliphatic heterocycles. The van der Waals surface area contributed by atoms with Gasteiger partial charge in [-0.3, -0.25) is 9.59 Å². The molecule has 0 radical (unpaired) electrons. The molecular weight excluding hydrogens is 320 g/mol. The van der Waals surface area contributed by atoms with Gasteiger partial charge in [0.2, 0.25) is 5.78 Å². The summed E-state index contributed by atoms with van der Waals surface area (Å²) in [5.74, 6) is -0.306. The zero-order valence-electron chi connectivity index (χ0n) is 11.6. The van der Waals surface area contributed by atoms with Crippen LogP contribution in [0, 0.1) is 0 Å². The Morgan fingerprint density at radius 2 is 1.77 bits per heavy atom. The van der Waals surface area contributed by atoms with E-state index in [0.717, 1.165) is 5.56 Å². The van der Waals surface area contributed by atoms with Crippen molar-refractivity contribution in [2.24, 2.45) is 0 Å². The third-order valence-corrected chi connectivity index (χ3v) is 4.96. The lowest BCUT2D eigenvalue weighted by Crippen LogP contribution is -2.37. The number of rotatable bonds is 3. The van der Waals surface area contributed by atoms with Gasteiger partial charge in [-0.1, -0.05) is 41.9 Å². The van der Waals surface area contributed by atoms with E-state index in [0.29, 0.717) is 10.6 Å². The van der Waals surface area contributed by atoms with Gasteiger partial charge in [-0.2, -0.15) is 0 Å². The second kappa shape index (κ2) is 6.55. The SMILES string of the molecule is O=C1CSC(c2ccccc2)C(C(=O)c2ccc(Cl)cc2)O1. The van der Waals surface area contributed by atoms with Crippen molar-refractivity contribution in [3.05, 3.63) is 70.7 Å². The molecule has 5 heteroatoms. The smallest absolute Gasteiger partial charge is 0.316 e. The van der Waals surface area contributed by atoms with Crippen LogP contribution in [0.3, 0.4) is 0 Å². The standard InChI is InChI=1S/C17H13ClO3S/c18-13-8-6-11(7-9-13)15(20)16-17(22-10-14(19)21-16)12-4-2-1-3-5-12/h1-9,16-17H,10H2. The van der Waals surface area contributed by atoms with Gasteiger partial charge in [0.15, 0.2) is 6.10 Å². The maximum Gasteiger partial charge on any atom is 0.316 e. The summed E-state index contributed by atoms with van der Waals surface area (Å²) in [6.07, 6.45) is -0.810. The Hall–Kier alpha value is -1.78. The van der Waals surface area contributed by atoms with E-state index in [1.165, 1.54) is 11.8 Å². The Kier molecular flexibility index (Phi) is 4.50. The molecule has 0 aliphatic carbocycles. The first-order chi connectivity index (χ1) is 10.6. The van der Waals surface area contributed by atoms with E-state index in [1.807, 2.05) is 30.3 Å². The number of hydrogen-bond acceptors (Lipinski definition) is 4.